The summed E-state index contributed by atoms with van der Waals surface area (Å²) in [5.74, 6) is -3.46. The van der Waals surface area contributed by atoms with Crippen molar-refractivity contribution in [2.75, 3.05) is 79.3 Å². The van der Waals surface area contributed by atoms with Crippen LogP contribution in [-0.2, 0) is 94.9 Å². The summed E-state index contributed by atoms with van der Waals surface area (Å²) in [5.41, 5.74) is -2.63. The van der Waals surface area contributed by atoms with Gasteiger partial charge in [-0.1, -0.05) is 27.7 Å². The van der Waals surface area contributed by atoms with Gasteiger partial charge in [0.2, 0.25) is 25.4 Å². The number of benzene rings is 1. The summed E-state index contributed by atoms with van der Waals surface area (Å²) in [6, 6.07) is 0.569. The van der Waals surface area contributed by atoms with Gasteiger partial charge < -0.3 is 63.8 Å². The quantitative estimate of drug-likeness (QED) is 0.0299. The summed E-state index contributed by atoms with van der Waals surface area (Å²) >= 11 is 0. The van der Waals surface area contributed by atoms with Crippen molar-refractivity contribution in [3.05, 3.63) is 34.4 Å². The molecule has 7 amide bonds. The molecule has 6 aliphatic rings. The van der Waals surface area contributed by atoms with Crippen molar-refractivity contribution in [2.24, 2.45) is 22.7 Å². The normalized spacial score (nSPS) is 20.0. The van der Waals surface area contributed by atoms with Crippen molar-refractivity contribution in [1.82, 2.24) is 40.8 Å². The van der Waals surface area contributed by atoms with Crippen molar-refractivity contribution >= 4 is 86.5 Å². The number of nitro groups is 1. The first-order valence-corrected chi connectivity index (χ1v) is 33.1. The predicted octanol–water partition coefficient (Wildman–Crippen LogP) is 3.08. The van der Waals surface area contributed by atoms with E-state index in [9.17, 15) is 74.9 Å². The third-order valence-electron chi connectivity index (χ3n) is 15.1. The number of amides is 7. The summed E-state index contributed by atoms with van der Waals surface area (Å²) < 4.78 is 103. The van der Waals surface area contributed by atoms with Crippen molar-refractivity contribution in [3.8, 4) is 5.75 Å². The van der Waals surface area contributed by atoms with Gasteiger partial charge in [-0.15, -0.1) is 8.57 Å². The lowest BCUT2D eigenvalue weighted by Gasteiger charge is -2.34. The van der Waals surface area contributed by atoms with Crippen LogP contribution in [0.5, 0.6) is 5.75 Å². The molecule has 36 nitrogen and oxygen atoms in total. The number of ether oxygens (including phenoxy) is 7. The molecule has 0 unspecified atom stereocenters. The number of hydrogen-bond donors (Lipinski definition) is 3. The zero-order chi connectivity index (χ0) is 69.9. The summed E-state index contributed by atoms with van der Waals surface area (Å²) in [7, 11) is -9.32. The lowest BCUT2D eigenvalue weighted by molar-refractivity contribution is -0.384. The molecule has 1 aromatic rings. The zero-order valence-electron chi connectivity index (χ0n) is 54.1. The first kappa shape index (κ1) is 76.9. The fourth-order valence-corrected chi connectivity index (χ4v) is 11.4. The number of rotatable bonds is 26. The second-order valence-electron chi connectivity index (χ2n) is 24.1. The number of fused-ring (bicyclic) bond motifs is 4. The Bertz CT molecular complexity index is 3080. The summed E-state index contributed by atoms with van der Waals surface area (Å²) in [4.78, 5) is 135. The molecule has 38 heteroatoms. The van der Waals surface area contributed by atoms with Crippen LogP contribution in [0.3, 0.4) is 0 Å². The number of urea groups is 2. The maximum absolute atomic E-state index is 13.1. The second-order valence-corrected chi connectivity index (χ2v) is 26.5. The van der Waals surface area contributed by atoms with Crippen molar-refractivity contribution in [3.63, 3.8) is 0 Å². The van der Waals surface area contributed by atoms with E-state index in [1.54, 1.807) is 41.5 Å². The van der Waals surface area contributed by atoms with Crippen molar-refractivity contribution < 1.29 is 120 Å². The Kier molecular flexibility index (Phi) is 28.3. The third kappa shape index (κ3) is 22.7. The summed E-state index contributed by atoms with van der Waals surface area (Å²) in [6.45, 7) is 16.4. The molecule has 0 aliphatic carbocycles. The standard InChI is InChI=1S/C25H40N4O12S.C19H32N4O8S.C12H13NO7/c1-6-37-22(32)25(4,5)14-40-42(35,36)41-29-18-7-8-19(28(13-18)23(29)33)20(30)26-17-9-11-27(12-10-17)24(34)39-15-38-21(31)16(2)3;1-4-29-17(25)19(2,3)12-30-32(27,28)31-23-14-5-6-15(22(11-14)18(23)26)16(24)21-13-7-9-20-10-8-13;1-8(2)11(14)18-7-19-12(15)20-10-5-3-9(4-6-10)13(16)17/h16-19H,6-15H2,1-5H3,(H,26,30);13-15,20H,4-12H2,1-3H3,(H,21,24);3-6,8H,7H2,1-2H3/t18-,19+;14-,15+;/m11./s1. The maximum atomic E-state index is 13.1. The van der Waals surface area contributed by atoms with Gasteiger partial charge in [-0.05, 0) is 118 Å². The Hall–Kier alpha value is -7.78. The van der Waals surface area contributed by atoms with Gasteiger partial charge in [-0.2, -0.15) is 27.0 Å². The molecule has 94 heavy (non-hydrogen) atoms. The zero-order valence-corrected chi connectivity index (χ0v) is 55.7. The van der Waals surface area contributed by atoms with Gasteiger partial charge in [0.05, 0.1) is 66.1 Å². The molecule has 3 N–H and O–H groups in total. The van der Waals surface area contributed by atoms with Crippen molar-refractivity contribution in [1.29, 1.82) is 0 Å². The van der Waals surface area contributed by atoms with Crippen molar-refractivity contribution in [2.45, 2.75) is 157 Å². The van der Waals surface area contributed by atoms with Crippen LogP contribution in [0, 0.1) is 32.8 Å². The average molecular weight is 1380 g/mol. The Morgan fingerprint density at radius 3 is 1.43 bits per heavy atom. The Morgan fingerprint density at radius 2 is 1.02 bits per heavy atom. The fraction of sp³-hybridized carbons (Fsp3) is 0.714. The van der Waals surface area contributed by atoms with E-state index in [1.165, 1.54) is 66.7 Å². The van der Waals surface area contributed by atoms with Gasteiger partial charge in [0, 0.05) is 50.4 Å². The topological polar surface area (TPSA) is 436 Å². The van der Waals surface area contributed by atoms with E-state index in [4.69, 9.17) is 40.6 Å². The van der Waals surface area contributed by atoms with Gasteiger partial charge in [-0.3, -0.25) is 38.9 Å². The SMILES string of the molecule is CC(C)C(=O)OCOC(=O)Oc1ccc([N+](=O)[O-])cc1.CCOC(=O)C(C)(C)COS(=O)(=O)ON1C(=O)N2C[C@H]1CC[C@H]2C(=O)NC1CCN(C(=O)OCOC(=O)C(C)C)CC1.CCOC(=O)C(C)(C)COS(=O)(=O)ON1C(=O)N2C[C@H]1CC[C@H]2C(=O)NC1CCNCC1. The van der Waals surface area contributed by atoms with E-state index < -0.39 is 136 Å². The number of carbonyl (C=O) groups excluding carboxylic acids is 10. The minimum atomic E-state index is -4.70. The predicted molar refractivity (Wildman–Crippen MR) is 319 cm³/mol. The smallest absolute Gasteiger partial charge is 0.466 e. The number of esters is 4. The van der Waals surface area contributed by atoms with E-state index >= 15 is 0 Å². The Morgan fingerprint density at radius 1 is 0.606 bits per heavy atom. The molecule has 0 saturated carbocycles. The number of piperidine rings is 4. The van der Waals surface area contributed by atoms with Crippen LogP contribution in [0.25, 0.3) is 0 Å². The largest absolute Gasteiger partial charge is 0.516 e. The molecule has 6 fully saturated rings. The van der Waals surface area contributed by atoms with E-state index in [2.05, 4.69) is 25.4 Å². The molecule has 7 rings (SSSR count). The van der Waals surface area contributed by atoms with Crippen LogP contribution in [0.2, 0.25) is 0 Å². The van der Waals surface area contributed by atoms with E-state index in [0.717, 1.165) is 31.0 Å². The van der Waals surface area contributed by atoms with E-state index in [1.807, 2.05) is 0 Å². The lowest BCUT2D eigenvalue weighted by atomic mass is 9.95. The first-order chi connectivity index (χ1) is 44.1. The number of hydrogen-bond acceptors (Lipinski definition) is 28. The van der Waals surface area contributed by atoms with Crippen LogP contribution in [0.15, 0.2) is 24.3 Å². The highest BCUT2D eigenvalue weighted by molar-refractivity contribution is 7.82. The van der Waals surface area contributed by atoms with Crippen LogP contribution in [0.4, 0.5) is 24.9 Å². The number of nitro benzene ring substituents is 1. The molecule has 0 radical (unpaired) electrons. The monoisotopic (exact) mass is 1380 g/mol. The highest BCUT2D eigenvalue weighted by Crippen LogP contribution is 2.34. The number of carbonyl (C=O) groups is 10. The fourth-order valence-electron chi connectivity index (χ4n) is 9.68. The van der Waals surface area contributed by atoms with Crippen LogP contribution in [0.1, 0.15) is 121 Å². The highest BCUT2D eigenvalue weighted by Gasteiger charge is 2.52. The molecule has 4 bridgehead atoms. The minimum Gasteiger partial charge on any atom is -0.466 e. The molecule has 6 heterocycles. The van der Waals surface area contributed by atoms with Gasteiger partial charge in [-0.25, -0.2) is 27.5 Å². The van der Waals surface area contributed by atoms with Gasteiger partial charge in [0.1, 0.15) is 17.8 Å². The molecule has 6 saturated heterocycles. The Labute approximate surface area is 544 Å². The van der Waals surface area contributed by atoms with E-state index in [-0.39, 0.29) is 73.5 Å². The first-order valence-electron chi connectivity index (χ1n) is 30.5. The summed E-state index contributed by atoms with van der Waals surface area (Å²) in [6.07, 6.45) is 2.27. The van der Waals surface area contributed by atoms with Crippen LogP contribution < -0.4 is 20.7 Å². The van der Waals surface area contributed by atoms with E-state index in [0.29, 0.717) is 56.7 Å². The number of nitrogens with zero attached hydrogens (tertiary/aromatic N) is 6. The molecule has 4 atom stereocenters. The minimum absolute atomic E-state index is 0.0584. The molecule has 0 spiro atoms. The maximum Gasteiger partial charge on any atom is 0.516 e. The van der Waals surface area contributed by atoms with Gasteiger partial charge in [0.25, 0.3) is 5.69 Å². The highest BCUT2D eigenvalue weighted by atomic mass is 32.3. The number of likely N-dealkylation sites (tertiary alicyclic amines) is 1. The number of hydroxylamine groups is 4. The number of non-ortho nitro benzene ring substituents is 1. The molecule has 528 valence electrons. The third-order valence-corrected chi connectivity index (χ3v) is 16.6. The van der Waals surface area contributed by atoms with Crippen LogP contribution in [-0.4, -0.2) is 222 Å². The molecular formula is C56H85N9O27S2. The van der Waals surface area contributed by atoms with Gasteiger partial charge >= 0.3 is 69.0 Å². The number of nitrogens with one attached hydrogen (secondary N) is 3. The molecule has 1 aromatic carbocycles. The van der Waals surface area contributed by atoms with Gasteiger partial charge in [0.15, 0.2) is 0 Å². The second kappa shape index (κ2) is 34.6. The average Bonchev–Trinajstić information content (AvgIpc) is 1.63. The molecule has 6 aliphatic heterocycles. The summed E-state index contributed by atoms with van der Waals surface area (Å²) in [5, 5.41) is 21.0. The molecule has 0 aromatic heterocycles. The Balaban J connectivity index is 0.000000272. The van der Waals surface area contributed by atoms with Crippen LogP contribution >= 0.6 is 0 Å². The lowest BCUT2D eigenvalue weighted by Crippen LogP contribution is -2.54. The molecular weight excluding hydrogens is 1290 g/mol.